The van der Waals surface area contributed by atoms with Crippen LogP contribution in [0, 0.1) is 17.2 Å². The Morgan fingerprint density at radius 2 is 2.00 bits per heavy atom. The Balaban J connectivity index is 1.86. The van der Waals surface area contributed by atoms with Crippen molar-refractivity contribution in [1.29, 1.82) is 5.26 Å². The highest BCUT2D eigenvalue weighted by atomic mass is 15.2. The van der Waals surface area contributed by atoms with E-state index in [0.29, 0.717) is 6.04 Å². The first kappa shape index (κ1) is 12.7. The van der Waals surface area contributed by atoms with E-state index in [9.17, 15) is 5.26 Å². The summed E-state index contributed by atoms with van der Waals surface area (Å²) in [6.45, 7) is 4.32. The van der Waals surface area contributed by atoms with E-state index in [4.69, 9.17) is 0 Å². The number of nitriles is 1. The van der Waals surface area contributed by atoms with Gasteiger partial charge < -0.3 is 5.32 Å². The summed E-state index contributed by atoms with van der Waals surface area (Å²) in [6.07, 6.45) is 3.97. The van der Waals surface area contributed by atoms with E-state index in [0.717, 1.165) is 37.7 Å². The van der Waals surface area contributed by atoms with E-state index in [2.05, 4.69) is 28.4 Å². The van der Waals surface area contributed by atoms with Gasteiger partial charge in [-0.2, -0.15) is 5.26 Å². The fraction of sp³-hybridized carbons (Fsp3) is 0.562. The molecule has 1 atom stereocenters. The van der Waals surface area contributed by atoms with Gasteiger partial charge in [0, 0.05) is 32.2 Å². The molecule has 0 radical (unpaired) electrons. The Morgan fingerprint density at radius 1 is 1.26 bits per heavy atom. The first-order valence-corrected chi connectivity index (χ1v) is 7.32. The molecule has 3 nitrogen and oxygen atoms in total. The molecule has 0 amide bonds. The SMILES string of the molecule is N#Cc1ccccc1[C@@H](CC1CC1)N1CCNCC1. The zero-order valence-corrected chi connectivity index (χ0v) is 11.3. The quantitative estimate of drug-likeness (QED) is 0.897. The molecule has 3 heteroatoms. The molecule has 0 bridgehead atoms. The fourth-order valence-electron chi connectivity index (χ4n) is 3.03. The van der Waals surface area contributed by atoms with Crippen LogP contribution in [-0.2, 0) is 0 Å². The third-order valence-electron chi connectivity index (χ3n) is 4.29. The molecule has 0 aromatic heterocycles. The predicted molar refractivity (Wildman–Crippen MR) is 75.7 cm³/mol. The van der Waals surface area contributed by atoms with Crippen molar-refractivity contribution in [3.05, 3.63) is 35.4 Å². The number of benzene rings is 1. The second-order valence-corrected chi connectivity index (χ2v) is 5.68. The summed E-state index contributed by atoms with van der Waals surface area (Å²) in [5, 5.41) is 12.7. The zero-order chi connectivity index (χ0) is 13.1. The summed E-state index contributed by atoms with van der Waals surface area (Å²) >= 11 is 0. The summed E-state index contributed by atoms with van der Waals surface area (Å²) in [6, 6.07) is 10.9. The Hall–Kier alpha value is -1.37. The second kappa shape index (κ2) is 5.73. The predicted octanol–water partition coefficient (Wildman–Crippen LogP) is 2.30. The van der Waals surface area contributed by atoms with Crippen molar-refractivity contribution in [2.75, 3.05) is 26.2 Å². The van der Waals surface area contributed by atoms with Gasteiger partial charge in [0.05, 0.1) is 11.6 Å². The van der Waals surface area contributed by atoms with Gasteiger partial charge in [-0.05, 0) is 24.0 Å². The summed E-state index contributed by atoms with van der Waals surface area (Å²) in [5.41, 5.74) is 2.09. The standard InChI is InChI=1S/C16H21N3/c17-12-14-3-1-2-4-15(14)16(11-13-5-6-13)19-9-7-18-8-10-19/h1-4,13,16,18H,5-11H2/t16-/m1/s1. The number of nitrogens with zero attached hydrogens (tertiary/aromatic N) is 2. The Kier molecular flexibility index (Phi) is 3.82. The van der Waals surface area contributed by atoms with Gasteiger partial charge in [-0.25, -0.2) is 0 Å². The Labute approximate surface area is 115 Å². The van der Waals surface area contributed by atoms with Gasteiger partial charge in [0.25, 0.3) is 0 Å². The van der Waals surface area contributed by atoms with Crippen molar-refractivity contribution in [2.24, 2.45) is 5.92 Å². The average molecular weight is 255 g/mol. The lowest BCUT2D eigenvalue weighted by Crippen LogP contribution is -2.45. The van der Waals surface area contributed by atoms with Crippen LogP contribution in [0.15, 0.2) is 24.3 Å². The van der Waals surface area contributed by atoms with Crippen molar-refractivity contribution in [2.45, 2.75) is 25.3 Å². The van der Waals surface area contributed by atoms with Crippen LogP contribution in [0.3, 0.4) is 0 Å². The minimum Gasteiger partial charge on any atom is -0.314 e. The molecule has 1 aliphatic carbocycles. The summed E-state index contributed by atoms with van der Waals surface area (Å²) in [5.74, 6) is 0.881. The van der Waals surface area contributed by atoms with E-state index < -0.39 is 0 Å². The lowest BCUT2D eigenvalue weighted by molar-refractivity contribution is 0.160. The molecule has 1 N–H and O–H groups in total. The van der Waals surface area contributed by atoms with Crippen LogP contribution < -0.4 is 5.32 Å². The molecule has 2 fully saturated rings. The van der Waals surface area contributed by atoms with Crippen molar-refractivity contribution in [3.63, 3.8) is 0 Å². The number of rotatable bonds is 4. The third-order valence-corrected chi connectivity index (χ3v) is 4.29. The highest BCUT2D eigenvalue weighted by Crippen LogP contribution is 2.40. The van der Waals surface area contributed by atoms with Crippen LogP contribution in [0.25, 0.3) is 0 Å². The van der Waals surface area contributed by atoms with Crippen molar-refractivity contribution in [3.8, 4) is 6.07 Å². The maximum absolute atomic E-state index is 9.33. The molecule has 0 spiro atoms. The van der Waals surface area contributed by atoms with E-state index in [1.54, 1.807) is 0 Å². The maximum atomic E-state index is 9.33. The molecular formula is C16H21N3. The van der Waals surface area contributed by atoms with E-state index in [1.165, 1.54) is 24.8 Å². The summed E-state index contributed by atoms with van der Waals surface area (Å²) in [4.78, 5) is 2.56. The third kappa shape index (κ3) is 2.97. The molecule has 1 heterocycles. The first-order valence-electron chi connectivity index (χ1n) is 7.32. The zero-order valence-electron chi connectivity index (χ0n) is 11.3. The minimum atomic E-state index is 0.436. The highest BCUT2D eigenvalue weighted by molar-refractivity contribution is 5.39. The molecule has 19 heavy (non-hydrogen) atoms. The molecular weight excluding hydrogens is 234 g/mol. The minimum absolute atomic E-state index is 0.436. The van der Waals surface area contributed by atoms with Gasteiger partial charge in [0.2, 0.25) is 0 Å². The van der Waals surface area contributed by atoms with Crippen LogP contribution >= 0.6 is 0 Å². The molecule has 1 aliphatic heterocycles. The Morgan fingerprint density at radius 3 is 2.68 bits per heavy atom. The highest BCUT2D eigenvalue weighted by Gasteiger charge is 2.31. The van der Waals surface area contributed by atoms with Crippen LogP contribution in [0.4, 0.5) is 0 Å². The summed E-state index contributed by atoms with van der Waals surface area (Å²) < 4.78 is 0. The Bertz CT molecular complexity index is 467. The van der Waals surface area contributed by atoms with E-state index >= 15 is 0 Å². The number of hydrogen-bond donors (Lipinski definition) is 1. The number of nitrogens with one attached hydrogen (secondary N) is 1. The van der Waals surface area contributed by atoms with Crippen molar-refractivity contribution in [1.82, 2.24) is 10.2 Å². The van der Waals surface area contributed by atoms with E-state index in [1.807, 2.05) is 12.1 Å². The second-order valence-electron chi connectivity index (χ2n) is 5.68. The fourth-order valence-corrected chi connectivity index (χ4v) is 3.03. The molecule has 0 unspecified atom stereocenters. The van der Waals surface area contributed by atoms with Gasteiger partial charge in [-0.1, -0.05) is 31.0 Å². The van der Waals surface area contributed by atoms with Crippen LogP contribution in [-0.4, -0.2) is 31.1 Å². The topological polar surface area (TPSA) is 39.1 Å². The van der Waals surface area contributed by atoms with Crippen LogP contribution in [0.1, 0.15) is 36.4 Å². The largest absolute Gasteiger partial charge is 0.314 e. The molecule has 100 valence electrons. The van der Waals surface area contributed by atoms with Gasteiger partial charge in [0.1, 0.15) is 0 Å². The molecule has 2 aliphatic rings. The smallest absolute Gasteiger partial charge is 0.0995 e. The first-order chi connectivity index (χ1) is 9.38. The number of hydrogen-bond acceptors (Lipinski definition) is 3. The van der Waals surface area contributed by atoms with Crippen molar-refractivity contribution >= 4 is 0 Å². The maximum Gasteiger partial charge on any atom is 0.0995 e. The van der Waals surface area contributed by atoms with Gasteiger partial charge in [-0.15, -0.1) is 0 Å². The monoisotopic (exact) mass is 255 g/mol. The van der Waals surface area contributed by atoms with Gasteiger partial charge in [0.15, 0.2) is 0 Å². The van der Waals surface area contributed by atoms with Crippen molar-refractivity contribution < 1.29 is 0 Å². The normalized spacial score (nSPS) is 21.8. The molecule has 1 saturated heterocycles. The van der Waals surface area contributed by atoms with Gasteiger partial charge in [-0.3, -0.25) is 4.90 Å². The molecule has 3 rings (SSSR count). The lowest BCUT2D eigenvalue weighted by atomic mass is 9.95. The van der Waals surface area contributed by atoms with Crippen LogP contribution in [0.5, 0.6) is 0 Å². The molecule has 1 saturated carbocycles. The van der Waals surface area contributed by atoms with Crippen LogP contribution in [0.2, 0.25) is 0 Å². The lowest BCUT2D eigenvalue weighted by Gasteiger charge is -2.35. The number of piperazine rings is 1. The van der Waals surface area contributed by atoms with E-state index in [-0.39, 0.29) is 0 Å². The summed E-state index contributed by atoms with van der Waals surface area (Å²) in [7, 11) is 0. The molecule has 1 aromatic carbocycles. The average Bonchev–Trinajstić information content (AvgIpc) is 3.30. The van der Waals surface area contributed by atoms with Gasteiger partial charge >= 0.3 is 0 Å². The molecule has 1 aromatic rings.